The molecule has 2 aromatic carbocycles. The van der Waals surface area contributed by atoms with E-state index in [0.29, 0.717) is 45.0 Å². The minimum absolute atomic E-state index is 0.0260. The van der Waals surface area contributed by atoms with Crippen molar-refractivity contribution in [2.24, 2.45) is 0 Å². The number of carbonyl (C=O) groups excluding carboxylic acids is 2. The molecule has 30 heavy (non-hydrogen) atoms. The standard InChI is InChI=1S/C20H20BrN3O5S/c21-14-1-3-15(4-2-14)29-12-11-23-7-9-24(10-8-23)30(27,28)16-5-6-18-17(13-16)19(25)20(26)22-18/h1-6,13H,7-12H2,(H,22,25,26). The third-order valence-corrected chi connectivity index (χ3v) is 7.57. The number of anilines is 1. The van der Waals surface area contributed by atoms with Crippen molar-refractivity contribution < 1.29 is 22.7 Å². The Hall–Kier alpha value is -2.27. The van der Waals surface area contributed by atoms with Gasteiger partial charge in [0.1, 0.15) is 12.4 Å². The molecule has 1 N–H and O–H groups in total. The monoisotopic (exact) mass is 493 g/mol. The summed E-state index contributed by atoms with van der Waals surface area (Å²) in [7, 11) is -3.74. The second kappa shape index (κ2) is 8.46. The molecule has 4 rings (SSSR count). The average Bonchev–Trinajstić information content (AvgIpc) is 3.03. The van der Waals surface area contributed by atoms with Crippen LogP contribution in [0.3, 0.4) is 0 Å². The van der Waals surface area contributed by atoms with Crippen molar-refractivity contribution in [2.45, 2.75) is 4.90 Å². The molecular weight excluding hydrogens is 474 g/mol. The normalized spacial score (nSPS) is 17.6. The fraction of sp³-hybridized carbons (Fsp3) is 0.300. The second-order valence-electron chi connectivity index (χ2n) is 7.04. The van der Waals surface area contributed by atoms with Crippen LogP contribution in [0, 0.1) is 0 Å². The highest BCUT2D eigenvalue weighted by molar-refractivity contribution is 9.10. The number of hydrogen-bond acceptors (Lipinski definition) is 6. The Kier molecular flexibility index (Phi) is 5.92. The maximum Gasteiger partial charge on any atom is 0.296 e. The summed E-state index contributed by atoms with van der Waals surface area (Å²) in [5, 5.41) is 2.43. The Morgan fingerprint density at radius 3 is 2.40 bits per heavy atom. The fourth-order valence-electron chi connectivity index (χ4n) is 3.45. The van der Waals surface area contributed by atoms with Crippen LogP contribution >= 0.6 is 15.9 Å². The van der Waals surface area contributed by atoms with Crippen molar-refractivity contribution >= 4 is 43.3 Å². The van der Waals surface area contributed by atoms with Gasteiger partial charge in [0.05, 0.1) is 16.1 Å². The number of ketones is 1. The van der Waals surface area contributed by atoms with Crippen molar-refractivity contribution in [1.82, 2.24) is 9.21 Å². The Balaban J connectivity index is 1.33. The van der Waals surface area contributed by atoms with Crippen LogP contribution in [0.5, 0.6) is 5.75 Å². The van der Waals surface area contributed by atoms with Gasteiger partial charge in [0, 0.05) is 37.2 Å². The first-order valence-corrected chi connectivity index (χ1v) is 11.7. The second-order valence-corrected chi connectivity index (χ2v) is 9.89. The zero-order chi connectivity index (χ0) is 21.3. The van der Waals surface area contributed by atoms with Gasteiger partial charge in [0.25, 0.3) is 11.7 Å². The number of amides is 1. The molecule has 2 heterocycles. The number of ether oxygens (including phenoxy) is 1. The lowest BCUT2D eigenvalue weighted by molar-refractivity contribution is -0.112. The topological polar surface area (TPSA) is 96.0 Å². The van der Waals surface area contributed by atoms with Crippen LogP contribution in [0.15, 0.2) is 51.8 Å². The van der Waals surface area contributed by atoms with Gasteiger partial charge in [0.2, 0.25) is 10.0 Å². The van der Waals surface area contributed by atoms with E-state index < -0.39 is 21.7 Å². The van der Waals surface area contributed by atoms with E-state index in [9.17, 15) is 18.0 Å². The minimum atomic E-state index is -3.74. The molecule has 0 radical (unpaired) electrons. The van der Waals surface area contributed by atoms with Gasteiger partial charge in [-0.05, 0) is 42.5 Å². The van der Waals surface area contributed by atoms with Gasteiger partial charge in [-0.2, -0.15) is 4.31 Å². The van der Waals surface area contributed by atoms with E-state index in [1.165, 1.54) is 22.5 Å². The van der Waals surface area contributed by atoms with Crippen LogP contribution < -0.4 is 10.1 Å². The molecule has 10 heteroatoms. The Morgan fingerprint density at radius 1 is 1.00 bits per heavy atom. The molecule has 0 spiro atoms. The number of hydrogen-bond donors (Lipinski definition) is 1. The van der Waals surface area contributed by atoms with E-state index in [0.717, 1.165) is 10.2 Å². The van der Waals surface area contributed by atoms with E-state index >= 15 is 0 Å². The predicted octanol–water partition coefficient (Wildman–Crippen LogP) is 1.97. The molecule has 0 bridgehead atoms. The largest absolute Gasteiger partial charge is 0.492 e. The molecule has 0 unspecified atom stereocenters. The van der Waals surface area contributed by atoms with Crippen molar-refractivity contribution in [1.29, 1.82) is 0 Å². The summed E-state index contributed by atoms with van der Waals surface area (Å²) < 4.78 is 34.1. The van der Waals surface area contributed by atoms with Crippen molar-refractivity contribution in [3.8, 4) is 5.75 Å². The number of piperazine rings is 1. The molecule has 0 aliphatic carbocycles. The third kappa shape index (κ3) is 4.27. The van der Waals surface area contributed by atoms with Gasteiger partial charge in [-0.25, -0.2) is 8.42 Å². The molecule has 2 aliphatic heterocycles. The lowest BCUT2D eigenvalue weighted by Gasteiger charge is -2.33. The zero-order valence-electron chi connectivity index (χ0n) is 16.0. The quantitative estimate of drug-likeness (QED) is 0.618. The Morgan fingerprint density at radius 2 is 1.70 bits per heavy atom. The minimum Gasteiger partial charge on any atom is -0.492 e. The number of Topliss-reactive ketones (excluding diaryl/α,β-unsaturated/α-hetero) is 1. The van der Waals surface area contributed by atoms with Crippen molar-refractivity contribution in [2.75, 3.05) is 44.6 Å². The zero-order valence-corrected chi connectivity index (χ0v) is 18.4. The van der Waals surface area contributed by atoms with E-state index in [4.69, 9.17) is 4.74 Å². The Labute approximate surface area is 183 Å². The lowest BCUT2D eigenvalue weighted by Crippen LogP contribution is -2.49. The van der Waals surface area contributed by atoms with Crippen molar-refractivity contribution in [3.63, 3.8) is 0 Å². The number of nitrogens with one attached hydrogen (secondary N) is 1. The molecule has 2 aromatic rings. The van der Waals surface area contributed by atoms with Gasteiger partial charge in [0.15, 0.2) is 0 Å². The van der Waals surface area contributed by atoms with Crippen LogP contribution in [0.4, 0.5) is 5.69 Å². The first-order chi connectivity index (χ1) is 14.3. The van der Waals surface area contributed by atoms with Gasteiger partial charge >= 0.3 is 0 Å². The molecule has 1 fully saturated rings. The summed E-state index contributed by atoms with van der Waals surface area (Å²) in [6, 6.07) is 11.8. The van der Waals surface area contributed by atoms with E-state index in [-0.39, 0.29) is 10.5 Å². The molecular formula is C20H20BrN3O5S. The number of halogens is 1. The number of nitrogens with zero attached hydrogens (tertiary/aromatic N) is 2. The predicted molar refractivity (Wildman–Crippen MR) is 114 cm³/mol. The molecule has 158 valence electrons. The summed E-state index contributed by atoms with van der Waals surface area (Å²) >= 11 is 3.38. The summed E-state index contributed by atoms with van der Waals surface area (Å²) in [4.78, 5) is 25.5. The number of carbonyl (C=O) groups is 2. The van der Waals surface area contributed by atoms with Gasteiger partial charge in [-0.1, -0.05) is 15.9 Å². The van der Waals surface area contributed by atoms with Gasteiger partial charge < -0.3 is 10.1 Å². The van der Waals surface area contributed by atoms with Gasteiger partial charge in [-0.15, -0.1) is 0 Å². The third-order valence-electron chi connectivity index (χ3n) is 5.15. The van der Waals surface area contributed by atoms with Crippen LogP contribution in [-0.4, -0.2) is 68.6 Å². The van der Waals surface area contributed by atoms with E-state index in [1.807, 2.05) is 24.3 Å². The summed E-state index contributed by atoms with van der Waals surface area (Å²) in [5.74, 6) is -0.658. The molecule has 0 atom stereocenters. The van der Waals surface area contributed by atoms with E-state index in [1.54, 1.807) is 0 Å². The van der Waals surface area contributed by atoms with Crippen LogP contribution in [0.2, 0.25) is 0 Å². The maximum absolute atomic E-state index is 13.0. The van der Waals surface area contributed by atoms with Gasteiger partial charge in [-0.3, -0.25) is 14.5 Å². The molecule has 0 saturated carbocycles. The number of sulfonamides is 1. The summed E-state index contributed by atoms with van der Waals surface area (Å²) in [6.07, 6.45) is 0. The molecule has 8 nitrogen and oxygen atoms in total. The van der Waals surface area contributed by atoms with Crippen LogP contribution in [0.25, 0.3) is 0 Å². The first-order valence-electron chi connectivity index (χ1n) is 9.45. The SMILES string of the molecule is O=C1Nc2ccc(S(=O)(=O)N3CCN(CCOc4ccc(Br)cc4)CC3)cc2C1=O. The van der Waals surface area contributed by atoms with E-state index in [2.05, 4.69) is 26.1 Å². The maximum atomic E-state index is 13.0. The number of fused-ring (bicyclic) bond motifs is 1. The van der Waals surface area contributed by atoms with Crippen LogP contribution in [-0.2, 0) is 14.8 Å². The summed E-state index contributed by atoms with van der Waals surface area (Å²) in [5.41, 5.74) is 0.448. The number of rotatable bonds is 6. The average molecular weight is 494 g/mol. The highest BCUT2D eigenvalue weighted by Gasteiger charge is 2.33. The highest BCUT2D eigenvalue weighted by Crippen LogP contribution is 2.27. The molecule has 1 saturated heterocycles. The lowest BCUT2D eigenvalue weighted by atomic mass is 10.1. The Bertz CT molecular complexity index is 1080. The molecule has 2 aliphatic rings. The summed E-state index contributed by atoms with van der Waals surface area (Å²) in [6.45, 7) is 3.10. The van der Waals surface area contributed by atoms with Crippen LogP contribution in [0.1, 0.15) is 10.4 Å². The van der Waals surface area contributed by atoms with Crippen molar-refractivity contribution in [3.05, 3.63) is 52.5 Å². The molecule has 0 aromatic heterocycles. The fourth-order valence-corrected chi connectivity index (χ4v) is 5.16. The highest BCUT2D eigenvalue weighted by atomic mass is 79.9. The smallest absolute Gasteiger partial charge is 0.296 e. The number of benzene rings is 2. The first kappa shape index (κ1) is 21.0. The molecule has 1 amide bonds.